The molecule has 0 aromatic rings. The van der Waals surface area contributed by atoms with Gasteiger partial charge in [-0.1, -0.05) is 170 Å². The SMILES string of the molecule is [2H]C([2H])(C[C@@H](C)[C@H]1CC[C@H]2[C@H]3[C@H](CC[C@]12C)[C@@]1(C)CC[C@@H](O)C[C@H]1[C@@H](C([2H])([2H])C([2H])([2H])[2H])[C@@]3([2H])O)C(=O)O.[2H]C([2H])(C[C@@H](C)[C@H]1CC[C@H]2[C@H]3[C@H](CC[C@]12C)[C@@]1(C)CC[C@@H](O)C[C@H]1[C@]([2H])(C([2H])([2H])C([2H])([2H])[2H])[C@@]3([2H])O)C(=O)O.[2H]C([2H])(C[C@@H](C)[C@H]1CC[C@H]2[C@H]3[C@H](CC[C@]12C)[C@@]1(C)CC[C@@H](O)C[C@H]1[C@]([2H])(C([2H])([2H])C([2H])([2H])[2H])[C@H]3O)C(=O)O.[2H]C([2H])(C[C@@H](C)[C@H]1CC[C@H]2[C@H]3[C@H](CC[C@]12C)[C@@]1(C)CC[C@@H](O)C[C@H]1[C@]([2H])(C([2H])([2H])C)[C@H]3O)C(=O)O.[2H]C([2H])([2H])C[C@]1([2H])[C@@H](O)[C@H]2[C@@H]3CC[C@H]([C@H](C)CC([2H])([2H])C(=O)O)[C@@]3(C)CC[C@@H]2[C@@]2(C)CC[C@@H](O)C[C@@H]12. The number of hydrogen-bond acceptors (Lipinski definition) is 15. The summed E-state index contributed by atoms with van der Waals surface area (Å²) in [5.41, 5.74) is -4.33. The molecule has 0 radical (unpaired) electrons. The molecule has 20 fully saturated rings. The molecule has 0 amide bonds. The van der Waals surface area contributed by atoms with Crippen molar-refractivity contribution in [3.8, 4) is 0 Å². The third-order valence-corrected chi connectivity index (χ3v) is 50.4. The van der Waals surface area contributed by atoms with Crippen LogP contribution in [0.5, 0.6) is 0 Å². The lowest BCUT2D eigenvalue weighted by atomic mass is 9.41. The number of fused-ring (bicyclic) bond motifs is 25. The van der Waals surface area contributed by atoms with E-state index in [4.69, 9.17) is 41.1 Å². The van der Waals surface area contributed by atoms with Crippen molar-refractivity contribution < 1.29 is 150 Å². The number of aliphatic hydroxyl groups excluding tert-OH is 8. The summed E-state index contributed by atoms with van der Waals surface area (Å²) in [7, 11) is 0. The minimum absolute atomic E-state index is 0.00621. The molecule has 0 aromatic carbocycles. The van der Waals surface area contributed by atoms with Crippen LogP contribution in [0.15, 0.2) is 0 Å². The first-order valence-corrected chi connectivity index (χ1v) is 59.1. The first-order valence-electron chi connectivity index (χ1n) is 77.1. The Morgan fingerprint density at radius 2 is 0.467 bits per heavy atom. The lowest BCUT2D eigenvalue weighted by molar-refractivity contribution is -0.203. The summed E-state index contributed by atoms with van der Waals surface area (Å²) in [4.78, 5) is 57.3. The summed E-state index contributed by atoms with van der Waals surface area (Å²) in [5.74, 6) is -24.9. The lowest BCUT2D eigenvalue weighted by Crippen LogP contribution is -2.62. The van der Waals surface area contributed by atoms with Gasteiger partial charge >= 0.3 is 29.8 Å². The highest BCUT2D eigenvalue weighted by Crippen LogP contribution is 2.78. The zero-order chi connectivity index (χ0) is 141. The van der Waals surface area contributed by atoms with Crippen LogP contribution in [0.4, 0.5) is 0 Å². The Kier molecular flexibility index (Phi) is 24.7. The molecule has 20 heteroatoms. The van der Waals surface area contributed by atoms with Gasteiger partial charge in [0.25, 0.3) is 0 Å². The number of aliphatic carboxylic acids is 5. The maximum Gasteiger partial charge on any atom is 0.303 e. The molecule has 20 aliphatic rings. The molecule has 15 N–H and O–H groups in total. The maximum absolute atomic E-state index is 12.1. The Bertz CT molecular complexity index is 6260. The average Bonchev–Trinajstić information content (AvgIpc) is 0.734. The van der Waals surface area contributed by atoms with Gasteiger partial charge in [-0.15, -0.1) is 0 Å². The Labute approximate surface area is 957 Å². The Morgan fingerprint density at radius 1 is 0.253 bits per heavy atom. The summed E-state index contributed by atoms with van der Waals surface area (Å²) >= 11 is 0. The number of hydrogen-bond donors (Lipinski definition) is 15. The van der Waals surface area contributed by atoms with Crippen LogP contribution in [-0.4, -0.2) is 167 Å². The first-order chi connectivity index (χ1) is 84.1. The van der Waals surface area contributed by atoms with Crippen molar-refractivity contribution in [2.24, 2.45) is 261 Å². The number of rotatable bonds is 25. The molecule has 860 valence electrons. The fraction of sp³-hybridized carbons (Fsp3) is 0.962. The highest BCUT2D eigenvalue weighted by molar-refractivity contribution is 5.68. The van der Waals surface area contributed by atoms with Gasteiger partial charge in [-0.3, -0.25) is 24.0 Å². The van der Waals surface area contributed by atoms with Gasteiger partial charge in [0.1, 0.15) is 0 Å². The van der Waals surface area contributed by atoms with Gasteiger partial charge in [-0.05, 0) is 518 Å². The molecule has 0 saturated heterocycles. The van der Waals surface area contributed by atoms with E-state index in [1.165, 1.54) is 6.92 Å². The van der Waals surface area contributed by atoms with Crippen LogP contribution in [0.3, 0.4) is 0 Å². The van der Waals surface area contributed by atoms with Crippen molar-refractivity contribution in [3.63, 3.8) is 0 Å². The summed E-state index contributed by atoms with van der Waals surface area (Å²) in [6, 6.07) is 0. The standard InChI is InChI=1S/5C26H44O4/c5*1-5-17-21-14-16(27)10-12-26(21,4)20-11-13-25(3)18(15(2)6-9-22(28)29)7-8-19(25)23(20)24(17)30/h5*15-21,23-24,27,30H,5-14H2,1-4H3,(H,28,29)/t4*15-,16-,17+,18-,19+,20+,21+,23+,24-,25-,26-;15-,16-,17-,18-,19+,20+,21+,23+,24-,25-,26-/m11111/s1/i1D3,5D2,9D2,17D,24D;1D3,5D2,9D2,17D;5D2,9D2,17D;1D3,9D2,17D;1D3,5D2,9D2,24D. The molecule has 0 bridgehead atoms. The van der Waals surface area contributed by atoms with Gasteiger partial charge in [0.2, 0.25) is 0 Å². The number of carboxylic acids is 5. The van der Waals surface area contributed by atoms with Gasteiger partial charge in [0, 0.05) is 78.5 Å². The summed E-state index contributed by atoms with van der Waals surface area (Å²) < 4.78 is 302. The van der Waals surface area contributed by atoms with Gasteiger partial charge in [0.05, 0.1) is 63.7 Å². The summed E-state index contributed by atoms with van der Waals surface area (Å²) in [6.45, 7) is 19.9. The predicted molar refractivity (Wildman–Crippen MR) is 589 cm³/mol. The van der Waals surface area contributed by atoms with Crippen LogP contribution >= 0.6 is 0 Å². The van der Waals surface area contributed by atoms with Crippen molar-refractivity contribution >= 4 is 29.8 Å². The molecule has 0 aromatic heterocycles. The van der Waals surface area contributed by atoms with Crippen LogP contribution in [0.1, 0.15) is 508 Å². The fourth-order valence-corrected chi connectivity index (χ4v) is 43.0. The molecule has 20 aliphatic carbocycles. The van der Waals surface area contributed by atoms with E-state index in [1.807, 2.05) is 62.3 Å². The predicted octanol–water partition coefficient (Wildman–Crippen LogP) is 25.6. The zero-order valence-corrected chi connectivity index (χ0v) is 93.3. The molecule has 20 saturated carbocycles. The van der Waals surface area contributed by atoms with Gasteiger partial charge in [-0.25, -0.2) is 0 Å². The van der Waals surface area contributed by atoms with E-state index in [-0.39, 0.29) is 209 Å². The molecule has 55 atom stereocenters. The van der Waals surface area contributed by atoms with Crippen LogP contribution < -0.4 is 0 Å². The van der Waals surface area contributed by atoms with Crippen LogP contribution in [0.2, 0.25) is 0 Å². The summed E-state index contributed by atoms with van der Waals surface area (Å²) in [5, 5.41) is 159. The van der Waals surface area contributed by atoms with Gasteiger partial charge in [0.15, 0.2) is 0 Å². The Balaban J connectivity index is 0.000000160. The average molecular weight is 2140 g/mol. The molecule has 150 heavy (non-hydrogen) atoms. The minimum atomic E-state index is -3.28. The van der Waals surface area contributed by atoms with Gasteiger partial charge < -0.3 is 76.6 Å². The van der Waals surface area contributed by atoms with Crippen molar-refractivity contribution in [1.82, 2.24) is 0 Å². The lowest BCUT2D eigenvalue weighted by Gasteiger charge is -2.64. The Morgan fingerprint density at radius 3 is 0.733 bits per heavy atom. The summed E-state index contributed by atoms with van der Waals surface area (Å²) in [6.07, 6.45) is -14.7. The van der Waals surface area contributed by atoms with E-state index in [9.17, 15) is 109 Å². The second kappa shape index (κ2) is 46.4. The third kappa shape index (κ3) is 21.1. The normalized spacial score (nSPS) is 59.2. The van der Waals surface area contributed by atoms with Crippen LogP contribution in [-0.2, 0) is 24.0 Å². The molecule has 20 rings (SSSR count). The Hall–Kier alpha value is -3.05. The van der Waals surface area contributed by atoms with E-state index in [0.29, 0.717) is 128 Å². The van der Waals surface area contributed by atoms with Crippen molar-refractivity contribution in [3.05, 3.63) is 0 Å². The quantitative estimate of drug-likeness (QED) is 0.0404. The second-order valence-electron chi connectivity index (χ2n) is 56.1. The van der Waals surface area contributed by atoms with E-state index in [1.54, 1.807) is 0 Å². The van der Waals surface area contributed by atoms with Crippen molar-refractivity contribution in [2.75, 3.05) is 0 Å². The molecule has 0 heterocycles. The molecule has 0 aliphatic heterocycles. The highest BCUT2D eigenvalue weighted by Gasteiger charge is 2.73. The molecule has 20 nitrogen and oxygen atoms in total. The molecule has 0 unspecified atom stereocenters. The fourth-order valence-electron chi connectivity index (χ4n) is 43.0. The number of carbonyl (C=O) groups is 5. The van der Waals surface area contributed by atoms with E-state index >= 15 is 0 Å². The molecular weight excluding hydrogens is 1880 g/mol. The number of carboxylic acid groups (broad SMARTS) is 5. The monoisotopic (exact) mass is 2140 g/mol. The van der Waals surface area contributed by atoms with Crippen molar-refractivity contribution in [1.29, 1.82) is 0 Å². The highest BCUT2D eigenvalue weighted by atomic mass is 16.4. The largest absolute Gasteiger partial charge is 0.481 e. The van der Waals surface area contributed by atoms with E-state index in [0.717, 1.165) is 77.0 Å². The maximum atomic E-state index is 12.1. The third-order valence-electron chi connectivity index (χ3n) is 50.4. The topological polar surface area (TPSA) is 389 Å². The number of aliphatic hydroxyl groups is 10. The molecule has 0 spiro atoms. The minimum Gasteiger partial charge on any atom is -0.481 e. The van der Waals surface area contributed by atoms with E-state index in [2.05, 4.69) is 41.5 Å². The molecular formula is C130H220O20. The smallest absolute Gasteiger partial charge is 0.303 e. The van der Waals surface area contributed by atoms with E-state index < -0.39 is 286 Å². The van der Waals surface area contributed by atoms with Crippen LogP contribution in [0, 0.1) is 261 Å². The van der Waals surface area contributed by atoms with Gasteiger partial charge in [-0.2, -0.15) is 0 Å². The zero-order valence-electron chi connectivity index (χ0n) is 129. The second-order valence-corrected chi connectivity index (χ2v) is 56.1. The first kappa shape index (κ1) is 79.9. The van der Waals surface area contributed by atoms with Crippen LogP contribution in [0.25, 0.3) is 0 Å². The van der Waals surface area contributed by atoms with Crippen molar-refractivity contribution in [2.45, 2.75) is 520 Å².